The van der Waals surface area contributed by atoms with Gasteiger partial charge in [0.15, 0.2) is 17.3 Å². The Morgan fingerprint density at radius 3 is 2.56 bits per heavy atom. The van der Waals surface area contributed by atoms with Crippen LogP contribution in [0.1, 0.15) is 24.0 Å². The summed E-state index contributed by atoms with van der Waals surface area (Å²) in [7, 11) is -0.669. The van der Waals surface area contributed by atoms with Crippen LogP contribution in [0.3, 0.4) is 0 Å². The van der Waals surface area contributed by atoms with Crippen molar-refractivity contribution in [2.45, 2.75) is 30.9 Å². The Labute approximate surface area is 196 Å². The number of hydrogen-bond donors (Lipinski definition) is 0. The molecule has 34 heavy (non-hydrogen) atoms. The minimum absolute atomic E-state index is 0.0619. The summed E-state index contributed by atoms with van der Waals surface area (Å²) in [6.07, 6.45) is 1.10. The number of ether oxygens (including phenoxy) is 2. The number of rotatable bonds is 6. The van der Waals surface area contributed by atoms with E-state index in [1.807, 2.05) is 4.90 Å². The predicted molar refractivity (Wildman–Crippen MR) is 121 cm³/mol. The lowest BCUT2D eigenvalue weighted by molar-refractivity contribution is -0.136. The van der Waals surface area contributed by atoms with Crippen LogP contribution < -0.4 is 9.47 Å². The van der Waals surface area contributed by atoms with Crippen LogP contribution in [0.25, 0.3) is 0 Å². The maximum Gasteiger partial charge on any atom is 0.387 e. The molecule has 0 aliphatic carbocycles. The molecule has 182 valence electrons. The average molecular weight is 494 g/mol. The van der Waals surface area contributed by atoms with Crippen molar-refractivity contribution in [2.75, 3.05) is 27.2 Å². The molecule has 0 spiro atoms. The van der Waals surface area contributed by atoms with Crippen LogP contribution >= 0.6 is 0 Å². The normalized spacial score (nSPS) is 17.3. The number of benzene rings is 2. The summed E-state index contributed by atoms with van der Waals surface area (Å²) in [6, 6.07) is 11.4. The Hall–Kier alpha value is -3.21. The van der Waals surface area contributed by atoms with E-state index in [9.17, 15) is 22.0 Å². The number of amidine groups is 1. The van der Waals surface area contributed by atoms with E-state index in [1.165, 1.54) is 19.2 Å². The van der Waals surface area contributed by atoms with Gasteiger partial charge in [0.1, 0.15) is 4.90 Å². The molecule has 1 fully saturated rings. The van der Waals surface area contributed by atoms with Gasteiger partial charge in [0.2, 0.25) is 5.91 Å². The number of alkyl halides is 2. The fourth-order valence-corrected chi connectivity index (χ4v) is 5.55. The van der Waals surface area contributed by atoms with Crippen molar-refractivity contribution in [3.8, 4) is 11.5 Å². The SMILES string of the molecule is COc1ccc(CN(C)C(=O)C2CCN(C3=NS(=O)(=O)c4ccccc43)CC2)cc1OC(F)F. The van der Waals surface area contributed by atoms with Gasteiger partial charge >= 0.3 is 6.61 Å². The minimum Gasteiger partial charge on any atom is -0.493 e. The highest BCUT2D eigenvalue weighted by atomic mass is 32.2. The van der Waals surface area contributed by atoms with E-state index < -0.39 is 16.6 Å². The van der Waals surface area contributed by atoms with Gasteiger partial charge in [0.25, 0.3) is 10.0 Å². The third kappa shape index (κ3) is 4.84. The van der Waals surface area contributed by atoms with E-state index in [0.29, 0.717) is 42.9 Å². The lowest BCUT2D eigenvalue weighted by atomic mass is 9.94. The molecular weight excluding hydrogens is 468 g/mol. The Balaban J connectivity index is 1.39. The van der Waals surface area contributed by atoms with Crippen LogP contribution in [0.15, 0.2) is 51.8 Å². The van der Waals surface area contributed by atoms with Crippen LogP contribution in [-0.2, 0) is 21.4 Å². The number of piperidine rings is 1. The topological polar surface area (TPSA) is 88.5 Å². The molecule has 11 heteroatoms. The number of hydrogen-bond acceptors (Lipinski definition) is 6. The van der Waals surface area contributed by atoms with Gasteiger partial charge in [-0.05, 0) is 42.7 Å². The van der Waals surface area contributed by atoms with Crippen LogP contribution in [0.4, 0.5) is 8.78 Å². The quantitative estimate of drug-likeness (QED) is 0.615. The summed E-state index contributed by atoms with van der Waals surface area (Å²) in [5, 5.41) is 0. The zero-order valence-electron chi connectivity index (χ0n) is 18.8. The number of nitrogens with zero attached hydrogens (tertiary/aromatic N) is 3. The van der Waals surface area contributed by atoms with Crippen molar-refractivity contribution in [1.29, 1.82) is 0 Å². The van der Waals surface area contributed by atoms with Crippen molar-refractivity contribution in [3.63, 3.8) is 0 Å². The van der Waals surface area contributed by atoms with Crippen LogP contribution in [0, 0.1) is 5.92 Å². The number of carbonyl (C=O) groups excluding carboxylic acids is 1. The maximum absolute atomic E-state index is 13.0. The second-order valence-corrected chi connectivity index (χ2v) is 9.78. The van der Waals surface area contributed by atoms with Gasteiger partial charge < -0.3 is 19.3 Å². The molecule has 2 heterocycles. The van der Waals surface area contributed by atoms with Gasteiger partial charge in [0, 0.05) is 38.2 Å². The highest BCUT2D eigenvalue weighted by Crippen LogP contribution is 2.32. The summed E-state index contributed by atoms with van der Waals surface area (Å²) in [5.41, 5.74) is 1.22. The summed E-state index contributed by atoms with van der Waals surface area (Å²) in [4.78, 5) is 16.7. The highest BCUT2D eigenvalue weighted by Gasteiger charge is 2.35. The maximum atomic E-state index is 13.0. The monoisotopic (exact) mass is 493 g/mol. The van der Waals surface area contributed by atoms with Gasteiger partial charge in [0.05, 0.1) is 7.11 Å². The fraction of sp³-hybridized carbons (Fsp3) is 0.391. The molecule has 2 aromatic rings. The van der Waals surface area contributed by atoms with Crippen molar-refractivity contribution in [2.24, 2.45) is 10.3 Å². The number of amides is 1. The molecular formula is C23H25F2N3O5S. The first kappa shape index (κ1) is 23.9. The van der Waals surface area contributed by atoms with Crippen molar-refractivity contribution in [3.05, 3.63) is 53.6 Å². The van der Waals surface area contributed by atoms with Crippen molar-refractivity contribution in [1.82, 2.24) is 9.80 Å². The summed E-state index contributed by atoms with van der Waals surface area (Å²) in [5.74, 6) is 0.235. The highest BCUT2D eigenvalue weighted by molar-refractivity contribution is 7.90. The van der Waals surface area contributed by atoms with E-state index in [0.717, 1.165) is 0 Å². The molecule has 1 amide bonds. The molecule has 2 aliphatic heterocycles. The van der Waals surface area contributed by atoms with E-state index in [1.54, 1.807) is 42.3 Å². The first-order valence-electron chi connectivity index (χ1n) is 10.8. The second kappa shape index (κ2) is 9.57. The predicted octanol–water partition coefficient (Wildman–Crippen LogP) is 3.12. The van der Waals surface area contributed by atoms with E-state index >= 15 is 0 Å². The fourth-order valence-electron chi connectivity index (χ4n) is 4.33. The first-order chi connectivity index (χ1) is 16.2. The van der Waals surface area contributed by atoms with Crippen LogP contribution in [0.2, 0.25) is 0 Å². The summed E-state index contributed by atoms with van der Waals surface area (Å²) in [6.45, 7) is -1.76. The Bertz CT molecular complexity index is 1210. The molecule has 0 aromatic heterocycles. The zero-order valence-corrected chi connectivity index (χ0v) is 19.6. The molecule has 0 bridgehead atoms. The summed E-state index contributed by atoms with van der Waals surface area (Å²) < 4.78 is 63.5. The first-order valence-corrected chi connectivity index (χ1v) is 12.2. The van der Waals surface area contributed by atoms with E-state index in [4.69, 9.17) is 4.74 Å². The lowest BCUT2D eigenvalue weighted by Crippen LogP contribution is -2.43. The van der Waals surface area contributed by atoms with Gasteiger partial charge in [-0.3, -0.25) is 4.79 Å². The molecule has 8 nitrogen and oxygen atoms in total. The smallest absolute Gasteiger partial charge is 0.387 e. The van der Waals surface area contributed by atoms with Crippen LogP contribution in [0.5, 0.6) is 11.5 Å². The standard InChI is InChI=1S/C23H25F2N3O5S/c1-27(14-15-7-8-18(32-2)19(13-15)33-23(24)25)22(29)16-9-11-28(12-10-16)21-17-5-3-4-6-20(17)34(30,31)26-21/h3-8,13,16,23H,9-12,14H2,1-2H3. The number of carbonyl (C=O) groups is 1. The summed E-state index contributed by atoms with van der Waals surface area (Å²) >= 11 is 0. The molecule has 0 N–H and O–H groups in total. The molecule has 0 saturated carbocycles. The number of methoxy groups -OCH3 is 1. The van der Waals surface area contributed by atoms with Crippen LogP contribution in [-0.4, -0.2) is 63.8 Å². The van der Waals surface area contributed by atoms with E-state index in [-0.39, 0.29) is 34.8 Å². The zero-order chi connectivity index (χ0) is 24.5. The number of fused-ring (bicyclic) bond motifs is 1. The Morgan fingerprint density at radius 2 is 1.88 bits per heavy atom. The Kier molecular flexibility index (Phi) is 6.74. The number of likely N-dealkylation sites (tertiary alicyclic amines) is 1. The van der Waals surface area contributed by atoms with E-state index in [2.05, 4.69) is 9.13 Å². The Morgan fingerprint density at radius 1 is 1.18 bits per heavy atom. The lowest BCUT2D eigenvalue weighted by Gasteiger charge is -2.34. The van der Waals surface area contributed by atoms with Crippen molar-refractivity contribution < 1.29 is 31.5 Å². The molecule has 0 unspecified atom stereocenters. The second-order valence-electron chi connectivity index (χ2n) is 8.21. The van der Waals surface area contributed by atoms with Gasteiger partial charge in [-0.1, -0.05) is 18.2 Å². The third-order valence-electron chi connectivity index (χ3n) is 6.00. The molecule has 4 rings (SSSR count). The molecule has 2 aliphatic rings. The van der Waals surface area contributed by atoms with Crippen molar-refractivity contribution >= 4 is 21.8 Å². The molecule has 1 saturated heterocycles. The average Bonchev–Trinajstić information content (AvgIpc) is 3.09. The third-order valence-corrected chi connectivity index (χ3v) is 7.32. The largest absolute Gasteiger partial charge is 0.493 e. The number of sulfonamides is 1. The van der Waals surface area contributed by atoms with Gasteiger partial charge in [-0.2, -0.15) is 17.2 Å². The molecule has 0 radical (unpaired) electrons. The molecule has 0 atom stereocenters. The van der Waals surface area contributed by atoms with Gasteiger partial charge in [-0.15, -0.1) is 4.40 Å². The number of halogens is 2. The molecule has 2 aromatic carbocycles. The minimum atomic E-state index is -3.69. The van der Waals surface area contributed by atoms with Gasteiger partial charge in [-0.25, -0.2) is 0 Å².